The second kappa shape index (κ2) is 8.86. The number of methoxy groups -OCH3 is 1. The Morgan fingerprint density at radius 2 is 2.36 bits per heavy atom. The average Bonchev–Trinajstić information content (AvgIpc) is 3.00. The summed E-state index contributed by atoms with van der Waals surface area (Å²) in [6.07, 6.45) is 3.54. The molecule has 0 radical (unpaired) electrons. The van der Waals surface area contributed by atoms with Crippen LogP contribution in [0.4, 0.5) is 4.39 Å². The molecular formula is C17H24FNO3. The van der Waals surface area contributed by atoms with Crippen molar-refractivity contribution in [2.45, 2.75) is 38.3 Å². The predicted molar refractivity (Wildman–Crippen MR) is 81.9 cm³/mol. The van der Waals surface area contributed by atoms with Crippen molar-refractivity contribution in [3.05, 3.63) is 35.6 Å². The van der Waals surface area contributed by atoms with Crippen LogP contribution in [-0.2, 0) is 20.8 Å². The number of hydrogen-bond donors (Lipinski definition) is 0. The van der Waals surface area contributed by atoms with Gasteiger partial charge in [-0.1, -0.05) is 12.1 Å². The minimum Gasteiger partial charge on any atom is -0.469 e. The molecule has 0 spiro atoms. The van der Waals surface area contributed by atoms with E-state index in [4.69, 9.17) is 4.74 Å². The monoisotopic (exact) mass is 309 g/mol. The number of carbonyl (C=O) groups is 1. The lowest BCUT2D eigenvalue weighted by Crippen LogP contribution is -2.33. The minimum atomic E-state index is -0.218. The van der Waals surface area contributed by atoms with Gasteiger partial charge in [0.25, 0.3) is 0 Å². The van der Waals surface area contributed by atoms with Crippen molar-refractivity contribution >= 4 is 5.97 Å². The summed E-state index contributed by atoms with van der Waals surface area (Å²) in [5.74, 6) is -0.410. The van der Waals surface area contributed by atoms with E-state index in [0.29, 0.717) is 13.0 Å². The number of halogens is 1. The zero-order valence-electron chi connectivity index (χ0n) is 13.1. The SMILES string of the molecule is COC(=O)CCCN(Cc1cccc(F)c1)CC1CCCO1. The van der Waals surface area contributed by atoms with Gasteiger partial charge < -0.3 is 9.47 Å². The summed E-state index contributed by atoms with van der Waals surface area (Å²) in [4.78, 5) is 13.5. The van der Waals surface area contributed by atoms with E-state index in [-0.39, 0.29) is 17.9 Å². The van der Waals surface area contributed by atoms with Crippen LogP contribution in [0.25, 0.3) is 0 Å². The maximum atomic E-state index is 13.3. The van der Waals surface area contributed by atoms with Crippen LogP contribution in [-0.4, -0.2) is 43.8 Å². The van der Waals surface area contributed by atoms with Gasteiger partial charge in [-0.3, -0.25) is 9.69 Å². The van der Waals surface area contributed by atoms with E-state index in [1.807, 2.05) is 6.07 Å². The zero-order chi connectivity index (χ0) is 15.8. The Bertz CT molecular complexity index is 475. The molecule has 0 bridgehead atoms. The molecule has 122 valence electrons. The molecule has 1 saturated heterocycles. The molecule has 1 aliphatic heterocycles. The molecular weight excluding hydrogens is 285 g/mol. The van der Waals surface area contributed by atoms with E-state index in [9.17, 15) is 9.18 Å². The van der Waals surface area contributed by atoms with Crippen LogP contribution in [0.1, 0.15) is 31.2 Å². The Kier molecular flexibility index (Phi) is 6.80. The van der Waals surface area contributed by atoms with Crippen LogP contribution in [0.5, 0.6) is 0 Å². The molecule has 1 aliphatic rings. The first kappa shape index (κ1) is 16.9. The number of benzene rings is 1. The largest absolute Gasteiger partial charge is 0.469 e. The van der Waals surface area contributed by atoms with Crippen molar-refractivity contribution in [2.24, 2.45) is 0 Å². The van der Waals surface area contributed by atoms with E-state index in [0.717, 1.165) is 44.5 Å². The summed E-state index contributed by atoms with van der Waals surface area (Å²) in [5, 5.41) is 0. The summed E-state index contributed by atoms with van der Waals surface area (Å²) < 4.78 is 23.7. The molecule has 0 aliphatic carbocycles. The quantitative estimate of drug-likeness (QED) is 0.692. The fourth-order valence-corrected chi connectivity index (χ4v) is 2.75. The van der Waals surface area contributed by atoms with Crippen LogP contribution in [0.2, 0.25) is 0 Å². The second-order valence-corrected chi connectivity index (χ2v) is 5.68. The lowest BCUT2D eigenvalue weighted by molar-refractivity contribution is -0.140. The molecule has 0 amide bonds. The number of carbonyl (C=O) groups excluding carboxylic acids is 1. The van der Waals surface area contributed by atoms with Gasteiger partial charge in [-0.15, -0.1) is 0 Å². The van der Waals surface area contributed by atoms with Gasteiger partial charge in [-0.2, -0.15) is 0 Å². The van der Waals surface area contributed by atoms with Crippen LogP contribution >= 0.6 is 0 Å². The fraction of sp³-hybridized carbons (Fsp3) is 0.588. The average molecular weight is 309 g/mol. The summed E-state index contributed by atoms with van der Waals surface area (Å²) in [6, 6.07) is 6.66. The van der Waals surface area contributed by atoms with E-state index in [1.54, 1.807) is 12.1 Å². The van der Waals surface area contributed by atoms with Crippen molar-refractivity contribution in [3.8, 4) is 0 Å². The minimum absolute atomic E-state index is 0.192. The highest BCUT2D eigenvalue weighted by Crippen LogP contribution is 2.16. The lowest BCUT2D eigenvalue weighted by atomic mass is 10.1. The Hall–Kier alpha value is -1.46. The van der Waals surface area contributed by atoms with E-state index in [1.165, 1.54) is 13.2 Å². The molecule has 1 unspecified atom stereocenters. The van der Waals surface area contributed by atoms with Gasteiger partial charge in [0.05, 0.1) is 13.2 Å². The maximum Gasteiger partial charge on any atom is 0.305 e. The third-order valence-corrected chi connectivity index (χ3v) is 3.86. The van der Waals surface area contributed by atoms with Gasteiger partial charge >= 0.3 is 5.97 Å². The van der Waals surface area contributed by atoms with Gasteiger partial charge in [0.1, 0.15) is 5.82 Å². The molecule has 0 N–H and O–H groups in total. The van der Waals surface area contributed by atoms with E-state index >= 15 is 0 Å². The van der Waals surface area contributed by atoms with Crippen LogP contribution < -0.4 is 0 Å². The molecule has 4 nitrogen and oxygen atoms in total. The Morgan fingerprint density at radius 3 is 3.05 bits per heavy atom. The van der Waals surface area contributed by atoms with Crippen molar-refractivity contribution in [1.82, 2.24) is 4.90 Å². The third-order valence-electron chi connectivity index (χ3n) is 3.86. The molecule has 0 saturated carbocycles. The first-order valence-electron chi connectivity index (χ1n) is 7.82. The van der Waals surface area contributed by atoms with Gasteiger partial charge in [-0.25, -0.2) is 4.39 Å². The highest BCUT2D eigenvalue weighted by Gasteiger charge is 2.19. The number of esters is 1. The molecule has 5 heteroatoms. The summed E-state index contributed by atoms with van der Waals surface area (Å²) in [7, 11) is 1.40. The van der Waals surface area contributed by atoms with Gasteiger partial charge in [0.15, 0.2) is 0 Å². The molecule has 1 atom stereocenters. The van der Waals surface area contributed by atoms with Crippen molar-refractivity contribution in [1.29, 1.82) is 0 Å². The molecule has 22 heavy (non-hydrogen) atoms. The first-order chi connectivity index (χ1) is 10.7. The zero-order valence-corrected chi connectivity index (χ0v) is 13.1. The number of hydrogen-bond acceptors (Lipinski definition) is 4. The molecule has 1 heterocycles. The van der Waals surface area contributed by atoms with Crippen LogP contribution in [0.15, 0.2) is 24.3 Å². The lowest BCUT2D eigenvalue weighted by Gasteiger charge is -2.25. The van der Waals surface area contributed by atoms with Gasteiger partial charge in [0, 0.05) is 26.1 Å². The molecule has 1 fully saturated rings. The summed E-state index contributed by atoms with van der Waals surface area (Å²) >= 11 is 0. The molecule has 1 aromatic carbocycles. The molecule has 1 aromatic rings. The Balaban J connectivity index is 1.89. The second-order valence-electron chi connectivity index (χ2n) is 5.68. The van der Waals surface area contributed by atoms with Crippen molar-refractivity contribution < 1.29 is 18.7 Å². The normalized spacial score (nSPS) is 17.9. The first-order valence-corrected chi connectivity index (χ1v) is 7.82. The smallest absolute Gasteiger partial charge is 0.305 e. The molecule has 2 rings (SSSR count). The predicted octanol–water partition coefficient (Wildman–Crippen LogP) is 2.76. The van der Waals surface area contributed by atoms with E-state index in [2.05, 4.69) is 9.64 Å². The Morgan fingerprint density at radius 1 is 1.50 bits per heavy atom. The van der Waals surface area contributed by atoms with Gasteiger partial charge in [0.2, 0.25) is 0 Å². The highest BCUT2D eigenvalue weighted by molar-refractivity contribution is 5.69. The number of nitrogens with zero attached hydrogens (tertiary/aromatic N) is 1. The fourth-order valence-electron chi connectivity index (χ4n) is 2.75. The standard InChI is InChI=1S/C17H24FNO3/c1-21-17(20)8-3-9-19(13-16-7-4-10-22-16)12-14-5-2-6-15(18)11-14/h2,5-6,11,16H,3-4,7-10,12-13H2,1H3. The maximum absolute atomic E-state index is 13.3. The number of ether oxygens (including phenoxy) is 2. The summed E-state index contributed by atoms with van der Waals surface area (Å²) in [5.41, 5.74) is 0.941. The van der Waals surface area contributed by atoms with Crippen LogP contribution in [0.3, 0.4) is 0 Å². The van der Waals surface area contributed by atoms with Crippen molar-refractivity contribution in [3.63, 3.8) is 0 Å². The van der Waals surface area contributed by atoms with Crippen molar-refractivity contribution in [2.75, 3.05) is 26.8 Å². The van der Waals surface area contributed by atoms with Crippen LogP contribution in [0, 0.1) is 5.82 Å². The summed E-state index contributed by atoms with van der Waals surface area (Å²) in [6.45, 7) is 3.07. The highest BCUT2D eigenvalue weighted by atomic mass is 19.1. The van der Waals surface area contributed by atoms with E-state index < -0.39 is 0 Å². The third kappa shape index (κ3) is 5.73. The Labute approximate surface area is 131 Å². The number of rotatable bonds is 8. The van der Waals surface area contributed by atoms with Gasteiger partial charge in [-0.05, 0) is 43.5 Å². The molecule has 0 aromatic heterocycles. The topological polar surface area (TPSA) is 38.8 Å².